The van der Waals surface area contributed by atoms with Crippen molar-refractivity contribution in [2.45, 2.75) is 13.8 Å². The zero-order chi connectivity index (χ0) is 18.2. The molecular formula is C18H19ClN2O4. The molecule has 0 saturated heterocycles. The predicted molar refractivity (Wildman–Crippen MR) is 94.6 cm³/mol. The van der Waals surface area contributed by atoms with Gasteiger partial charge in [0.2, 0.25) is 0 Å². The van der Waals surface area contributed by atoms with E-state index in [1.165, 1.54) is 0 Å². The van der Waals surface area contributed by atoms with Crippen LogP contribution in [0.15, 0.2) is 42.5 Å². The van der Waals surface area contributed by atoms with Crippen molar-refractivity contribution in [2.75, 3.05) is 13.2 Å². The Hall–Kier alpha value is -2.73. The number of carbonyl (C=O) groups excluding carboxylic acids is 2. The molecule has 25 heavy (non-hydrogen) atoms. The van der Waals surface area contributed by atoms with Gasteiger partial charge in [-0.3, -0.25) is 20.4 Å². The first-order valence-corrected chi connectivity index (χ1v) is 7.98. The maximum atomic E-state index is 11.8. The second-order valence-electron chi connectivity index (χ2n) is 5.35. The molecule has 132 valence electrons. The molecule has 0 unspecified atom stereocenters. The van der Waals surface area contributed by atoms with Gasteiger partial charge in [0.15, 0.2) is 13.2 Å². The molecule has 0 heterocycles. The number of para-hydroxylation sites is 1. The molecule has 2 aromatic rings. The average Bonchev–Trinajstić information content (AvgIpc) is 2.58. The van der Waals surface area contributed by atoms with Gasteiger partial charge in [-0.15, -0.1) is 0 Å². The maximum absolute atomic E-state index is 11.8. The zero-order valence-electron chi connectivity index (χ0n) is 14.0. The third-order valence-electron chi connectivity index (χ3n) is 3.26. The van der Waals surface area contributed by atoms with Crippen LogP contribution in [-0.2, 0) is 9.59 Å². The lowest BCUT2D eigenvalue weighted by Gasteiger charge is -2.12. The lowest BCUT2D eigenvalue weighted by molar-refractivity contribution is -0.131. The van der Waals surface area contributed by atoms with Crippen molar-refractivity contribution in [3.63, 3.8) is 0 Å². The number of halogens is 1. The minimum Gasteiger partial charge on any atom is -0.484 e. The van der Waals surface area contributed by atoms with Crippen molar-refractivity contribution in [1.29, 1.82) is 0 Å². The molecule has 0 aliphatic rings. The van der Waals surface area contributed by atoms with Crippen LogP contribution in [0.2, 0.25) is 5.02 Å². The second kappa shape index (κ2) is 8.94. The molecule has 0 aliphatic carbocycles. The van der Waals surface area contributed by atoms with Crippen LogP contribution in [-0.4, -0.2) is 25.0 Å². The predicted octanol–water partition coefficient (Wildman–Crippen LogP) is 2.56. The van der Waals surface area contributed by atoms with Crippen LogP contribution in [0.5, 0.6) is 11.5 Å². The molecule has 2 aromatic carbocycles. The quantitative estimate of drug-likeness (QED) is 0.774. The highest BCUT2D eigenvalue weighted by Crippen LogP contribution is 2.22. The highest BCUT2D eigenvalue weighted by atomic mass is 35.5. The van der Waals surface area contributed by atoms with E-state index < -0.39 is 11.8 Å². The van der Waals surface area contributed by atoms with Gasteiger partial charge < -0.3 is 9.47 Å². The Morgan fingerprint density at radius 3 is 2.08 bits per heavy atom. The van der Waals surface area contributed by atoms with Gasteiger partial charge in [-0.25, -0.2) is 0 Å². The first-order chi connectivity index (χ1) is 12.0. The molecule has 0 atom stereocenters. The van der Waals surface area contributed by atoms with Crippen LogP contribution in [0.4, 0.5) is 0 Å². The summed E-state index contributed by atoms with van der Waals surface area (Å²) in [5.41, 5.74) is 6.40. The third-order valence-corrected chi connectivity index (χ3v) is 3.50. The van der Waals surface area contributed by atoms with Crippen molar-refractivity contribution in [2.24, 2.45) is 0 Å². The van der Waals surface area contributed by atoms with Crippen LogP contribution >= 0.6 is 11.6 Å². The fraction of sp³-hybridized carbons (Fsp3) is 0.222. The number of rotatable bonds is 6. The number of aryl methyl sites for hydroxylation is 2. The number of nitrogens with one attached hydrogen (secondary N) is 2. The topological polar surface area (TPSA) is 76.7 Å². The van der Waals surface area contributed by atoms with Crippen LogP contribution < -0.4 is 20.3 Å². The summed E-state index contributed by atoms with van der Waals surface area (Å²) in [6.45, 7) is 3.34. The molecule has 0 bridgehead atoms. The Bertz CT molecular complexity index is 744. The molecule has 2 rings (SSSR count). The van der Waals surface area contributed by atoms with E-state index in [1.807, 2.05) is 32.0 Å². The van der Waals surface area contributed by atoms with Crippen LogP contribution in [0.25, 0.3) is 0 Å². The lowest BCUT2D eigenvalue weighted by Crippen LogP contribution is -2.45. The van der Waals surface area contributed by atoms with E-state index in [4.69, 9.17) is 21.1 Å². The van der Waals surface area contributed by atoms with Crippen molar-refractivity contribution < 1.29 is 19.1 Å². The third kappa shape index (κ3) is 6.00. The summed E-state index contributed by atoms with van der Waals surface area (Å²) >= 11 is 5.82. The van der Waals surface area contributed by atoms with Crippen LogP contribution in [0, 0.1) is 13.8 Å². The molecule has 0 radical (unpaired) electrons. The fourth-order valence-corrected chi connectivity index (χ4v) is 2.26. The summed E-state index contributed by atoms with van der Waals surface area (Å²) in [7, 11) is 0. The Labute approximate surface area is 151 Å². The van der Waals surface area contributed by atoms with E-state index in [0.717, 1.165) is 11.1 Å². The lowest BCUT2D eigenvalue weighted by atomic mass is 10.1. The molecule has 0 aromatic heterocycles. The Morgan fingerprint density at radius 2 is 1.48 bits per heavy atom. The number of hydrazine groups is 1. The molecule has 6 nitrogen and oxygen atoms in total. The molecule has 0 fully saturated rings. The SMILES string of the molecule is Cc1cccc(C)c1OCC(=O)NNC(=O)COc1cccc(Cl)c1. The molecule has 0 aliphatic heterocycles. The zero-order valence-corrected chi connectivity index (χ0v) is 14.7. The first kappa shape index (κ1) is 18.6. The molecule has 0 spiro atoms. The van der Waals surface area contributed by atoms with Gasteiger partial charge in [0.1, 0.15) is 11.5 Å². The van der Waals surface area contributed by atoms with Crippen LogP contribution in [0.1, 0.15) is 11.1 Å². The van der Waals surface area contributed by atoms with Crippen molar-refractivity contribution in [3.05, 3.63) is 58.6 Å². The van der Waals surface area contributed by atoms with Gasteiger partial charge in [0.05, 0.1) is 0 Å². The Morgan fingerprint density at radius 1 is 0.920 bits per heavy atom. The molecular weight excluding hydrogens is 344 g/mol. The summed E-state index contributed by atoms with van der Waals surface area (Å²) in [6.07, 6.45) is 0. The monoisotopic (exact) mass is 362 g/mol. The molecule has 2 amide bonds. The number of hydrogen-bond acceptors (Lipinski definition) is 4. The van der Waals surface area contributed by atoms with E-state index in [1.54, 1.807) is 24.3 Å². The highest BCUT2D eigenvalue weighted by molar-refractivity contribution is 6.30. The summed E-state index contributed by atoms with van der Waals surface area (Å²) in [4.78, 5) is 23.4. The number of ether oxygens (including phenoxy) is 2. The van der Waals surface area contributed by atoms with E-state index in [9.17, 15) is 9.59 Å². The van der Waals surface area contributed by atoms with Gasteiger partial charge >= 0.3 is 0 Å². The number of amides is 2. The van der Waals surface area contributed by atoms with Crippen molar-refractivity contribution >= 4 is 23.4 Å². The minimum absolute atomic E-state index is 0.207. The summed E-state index contributed by atoms with van der Waals surface area (Å²) in [5.74, 6) is 0.153. The molecule has 0 saturated carbocycles. The highest BCUT2D eigenvalue weighted by Gasteiger charge is 2.09. The number of benzene rings is 2. The minimum atomic E-state index is -0.500. The Balaban J connectivity index is 1.71. The van der Waals surface area contributed by atoms with E-state index >= 15 is 0 Å². The summed E-state index contributed by atoms with van der Waals surface area (Å²) in [5, 5.41) is 0.509. The number of hydrogen-bond donors (Lipinski definition) is 2. The smallest absolute Gasteiger partial charge is 0.276 e. The Kier molecular flexibility index (Phi) is 6.65. The molecule has 7 heteroatoms. The van der Waals surface area contributed by atoms with Gasteiger partial charge in [-0.1, -0.05) is 35.9 Å². The largest absolute Gasteiger partial charge is 0.484 e. The normalized spacial score (nSPS) is 10.0. The number of carbonyl (C=O) groups is 2. The second-order valence-corrected chi connectivity index (χ2v) is 5.79. The van der Waals surface area contributed by atoms with Gasteiger partial charge in [-0.05, 0) is 43.2 Å². The van der Waals surface area contributed by atoms with E-state index in [2.05, 4.69) is 10.9 Å². The van der Waals surface area contributed by atoms with Gasteiger partial charge in [0, 0.05) is 5.02 Å². The average molecular weight is 363 g/mol. The van der Waals surface area contributed by atoms with Crippen LogP contribution in [0.3, 0.4) is 0 Å². The standard InChI is InChI=1S/C18H19ClN2O4/c1-12-5-3-6-13(2)18(12)25-11-17(23)21-20-16(22)10-24-15-8-4-7-14(19)9-15/h3-9H,10-11H2,1-2H3,(H,20,22)(H,21,23). The van der Waals surface area contributed by atoms with Crippen molar-refractivity contribution in [3.8, 4) is 11.5 Å². The molecule has 2 N–H and O–H groups in total. The van der Waals surface area contributed by atoms with E-state index in [0.29, 0.717) is 16.5 Å². The van der Waals surface area contributed by atoms with Crippen molar-refractivity contribution in [1.82, 2.24) is 10.9 Å². The van der Waals surface area contributed by atoms with Gasteiger partial charge in [0.25, 0.3) is 11.8 Å². The van der Waals surface area contributed by atoms with E-state index in [-0.39, 0.29) is 13.2 Å². The first-order valence-electron chi connectivity index (χ1n) is 7.61. The summed E-state index contributed by atoms with van der Waals surface area (Å²) < 4.78 is 10.8. The summed E-state index contributed by atoms with van der Waals surface area (Å²) in [6, 6.07) is 12.4. The van der Waals surface area contributed by atoms with Gasteiger partial charge in [-0.2, -0.15) is 0 Å². The maximum Gasteiger partial charge on any atom is 0.276 e. The fourth-order valence-electron chi connectivity index (χ4n) is 2.08.